The zero-order valence-corrected chi connectivity index (χ0v) is 21.9. The third-order valence-corrected chi connectivity index (χ3v) is 10.7. The molecular formula is C30H52O. The maximum absolute atomic E-state index is 6.25. The van der Waals surface area contributed by atoms with E-state index in [0.29, 0.717) is 23.0 Å². The summed E-state index contributed by atoms with van der Waals surface area (Å²) in [5.74, 6) is 5.60. The number of rotatable bonds is 7. The van der Waals surface area contributed by atoms with Crippen molar-refractivity contribution in [3.05, 3.63) is 11.6 Å². The summed E-state index contributed by atoms with van der Waals surface area (Å²) in [6.45, 7) is 17.1. The SMILES string of the molecule is CC(C)CCC[C@@H](C)[C@H]1CC[C@H]2C3CC=C4CC(OC(C)C)CCC4(C)[C@H]3CC[C@]12C. The van der Waals surface area contributed by atoms with Crippen molar-refractivity contribution in [3.8, 4) is 0 Å². The van der Waals surface area contributed by atoms with Crippen LogP contribution >= 0.6 is 0 Å². The van der Waals surface area contributed by atoms with Crippen LogP contribution in [0.5, 0.6) is 0 Å². The summed E-state index contributed by atoms with van der Waals surface area (Å²) in [7, 11) is 0. The van der Waals surface area contributed by atoms with Crippen LogP contribution in [-0.4, -0.2) is 12.2 Å². The summed E-state index contributed by atoms with van der Waals surface area (Å²) in [6, 6.07) is 0. The summed E-state index contributed by atoms with van der Waals surface area (Å²) in [6.07, 6.45) is 19.0. The van der Waals surface area contributed by atoms with Crippen LogP contribution < -0.4 is 0 Å². The fourth-order valence-electron chi connectivity index (χ4n) is 9.15. The van der Waals surface area contributed by atoms with Crippen LogP contribution in [0, 0.1) is 46.3 Å². The van der Waals surface area contributed by atoms with Gasteiger partial charge in [-0.25, -0.2) is 0 Å². The molecule has 8 atom stereocenters. The van der Waals surface area contributed by atoms with Crippen LogP contribution in [0.3, 0.4) is 0 Å². The highest BCUT2D eigenvalue weighted by Gasteiger charge is 2.59. The first-order valence-electron chi connectivity index (χ1n) is 14.0. The van der Waals surface area contributed by atoms with E-state index in [1.807, 2.05) is 0 Å². The van der Waals surface area contributed by atoms with Gasteiger partial charge in [0.15, 0.2) is 0 Å². The third kappa shape index (κ3) is 4.43. The average Bonchev–Trinajstić information content (AvgIpc) is 3.05. The monoisotopic (exact) mass is 428 g/mol. The van der Waals surface area contributed by atoms with Gasteiger partial charge in [-0.2, -0.15) is 0 Å². The molecule has 0 radical (unpaired) electrons. The van der Waals surface area contributed by atoms with Crippen molar-refractivity contribution in [2.45, 2.75) is 131 Å². The van der Waals surface area contributed by atoms with Gasteiger partial charge < -0.3 is 4.74 Å². The zero-order chi connectivity index (χ0) is 22.4. The molecule has 0 amide bonds. The lowest BCUT2D eigenvalue weighted by atomic mass is 9.47. The molecule has 0 spiro atoms. The van der Waals surface area contributed by atoms with E-state index >= 15 is 0 Å². The van der Waals surface area contributed by atoms with Gasteiger partial charge in [0, 0.05) is 0 Å². The van der Waals surface area contributed by atoms with Gasteiger partial charge in [0.2, 0.25) is 0 Å². The van der Waals surface area contributed by atoms with Crippen LogP contribution in [0.15, 0.2) is 11.6 Å². The Bertz CT molecular complexity index is 647. The van der Waals surface area contributed by atoms with Crippen molar-refractivity contribution in [1.29, 1.82) is 0 Å². The maximum Gasteiger partial charge on any atom is 0.0616 e. The minimum atomic E-state index is 0.361. The van der Waals surface area contributed by atoms with E-state index in [1.54, 1.807) is 5.57 Å². The molecule has 178 valence electrons. The molecule has 0 aliphatic heterocycles. The van der Waals surface area contributed by atoms with Gasteiger partial charge >= 0.3 is 0 Å². The lowest BCUT2D eigenvalue weighted by molar-refractivity contribution is -0.0707. The van der Waals surface area contributed by atoms with Gasteiger partial charge in [-0.1, -0.05) is 65.5 Å². The maximum atomic E-state index is 6.25. The van der Waals surface area contributed by atoms with Crippen molar-refractivity contribution in [1.82, 2.24) is 0 Å². The van der Waals surface area contributed by atoms with E-state index < -0.39 is 0 Å². The molecule has 1 nitrogen and oxygen atoms in total. The van der Waals surface area contributed by atoms with Crippen LogP contribution in [0.1, 0.15) is 119 Å². The predicted octanol–water partition coefficient (Wildman–Crippen LogP) is 8.82. The highest BCUT2D eigenvalue weighted by atomic mass is 16.5. The lowest BCUT2D eigenvalue weighted by Gasteiger charge is -2.58. The molecular weight excluding hydrogens is 376 g/mol. The zero-order valence-electron chi connectivity index (χ0n) is 21.9. The minimum absolute atomic E-state index is 0.361. The topological polar surface area (TPSA) is 9.23 Å². The number of ether oxygens (including phenoxy) is 1. The van der Waals surface area contributed by atoms with Gasteiger partial charge in [-0.15, -0.1) is 0 Å². The molecule has 0 heterocycles. The minimum Gasteiger partial charge on any atom is -0.375 e. The molecule has 4 aliphatic rings. The summed E-state index contributed by atoms with van der Waals surface area (Å²) >= 11 is 0. The van der Waals surface area contributed by atoms with E-state index in [2.05, 4.69) is 54.5 Å². The second kappa shape index (κ2) is 9.15. The molecule has 0 bridgehead atoms. The number of allylic oxidation sites excluding steroid dienone is 1. The van der Waals surface area contributed by atoms with Gasteiger partial charge in [-0.3, -0.25) is 0 Å². The first-order chi connectivity index (χ1) is 14.6. The van der Waals surface area contributed by atoms with Crippen molar-refractivity contribution in [3.63, 3.8) is 0 Å². The predicted molar refractivity (Wildman–Crippen MR) is 133 cm³/mol. The summed E-state index contributed by atoms with van der Waals surface area (Å²) in [5, 5.41) is 0. The Morgan fingerprint density at radius 1 is 0.935 bits per heavy atom. The molecule has 0 N–H and O–H groups in total. The van der Waals surface area contributed by atoms with E-state index in [-0.39, 0.29) is 0 Å². The number of fused-ring (bicyclic) bond motifs is 5. The van der Waals surface area contributed by atoms with Crippen LogP contribution in [0.2, 0.25) is 0 Å². The van der Waals surface area contributed by atoms with Crippen LogP contribution in [0.4, 0.5) is 0 Å². The fourth-order valence-corrected chi connectivity index (χ4v) is 9.15. The highest BCUT2D eigenvalue weighted by Crippen LogP contribution is 2.67. The van der Waals surface area contributed by atoms with E-state index in [1.165, 1.54) is 70.6 Å². The van der Waals surface area contributed by atoms with Crippen LogP contribution in [0.25, 0.3) is 0 Å². The molecule has 0 aromatic heterocycles. The van der Waals surface area contributed by atoms with Crippen molar-refractivity contribution in [2.75, 3.05) is 0 Å². The van der Waals surface area contributed by atoms with Crippen molar-refractivity contribution < 1.29 is 4.74 Å². The second-order valence-electron chi connectivity index (χ2n) is 13.3. The summed E-state index contributed by atoms with van der Waals surface area (Å²) < 4.78 is 6.25. The Labute approximate surface area is 194 Å². The van der Waals surface area contributed by atoms with Gasteiger partial charge in [0.05, 0.1) is 12.2 Å². The molecule has 4 aliphatic carbocycles. The van der Waals surface area contributed by atoms with Gasteiger partial charge in [0.1, 0.15) is 0 Å². The number of hydrogen-bond acceptors (Lipinski definition) is 1. The molecule has 0 aromatic carbocycles. The Hall–Kier alpha value is -0.300. The average molecular weight is 429 g/mol. The van der Waals surface area contributed by atoms with Crippen LogP contribution in [-0.2, 0) is 4.74 Å². The fraction of sp³-hybridized carbons (Fsp3) is 0.933. The Kier molecular flexibility index (Phi) is 7.04. The molecule has 0 saturated heterocycles. The number of hydrogen-bond donors (Lipinski definition) is 0. The standard InChI is InChI=1S/C30H52O/c1-20(2)9-8-10-22(5)26-13-14-27-25-12-11-23-19-24(31-21(3)4)15-17-29(23,6)28(25)16-18-30(26,27)7/h11,20-22,24-28H,8-10,12-19H2,1-7H3/t22-,24?,25?,26-,27+,28+,29?,30-/m1/s1. The second-order valence-corrected chi connectivity index (χ2v) is 13.3. The summed E-state index contributed by atoms with van der Waals surface area (Å²) in [5.41, 5.74) is 2.84. The van der Waals surface area contributed by atoms with Gasteiger partial charge in [-0.05, 0) is 112 Å². The molecule has 31 heavy (non-hydrogen) atoms. The molecule has 4 rings (SSSR count). The van der Waals surface area contributed by atoms with Crippen molar-refractivity contribution in [2.24, 2.45) is 46.3 Å². The van der Waals surface area contributed by atoms with E-state index in [4.69, 9.17) is 4.74 Å². The summed E-state index contributed by atoms with van der Waals surface area (Å²) in [4.78, 5) is 0. The normalized spacial score (nSPS) is 43.4. The van der Waals surface area contributed by atoms with E-state index in [9.17, 15) is 0 Å². The van der Waals surface area contributed by atoms with Gasteiger partial charge in [0.25, 0.3) is 0 Å². The quantitative estimate of drug-likeness (QED) is 0.368. The molecule has 1 heteroatoms. The molecule has 3 fully saturated rings. The Balaban J connectivity index is 1.46. The highest BCUT2D eigenvalue weighted by molar-refractivity contribution is 5.25. The van der Waals surface area contributed by atoms with Crippen molar-refractivity contribution >= 4 is 0 Å². The largest absolute Gasteiger partial charge is 0.375 e. The first kappa shape index (κ1) is 23.8. The first-order valence-corrected chi connectivity index (χ1v) is 14.0. The molecule has 3 saturated carbocycles. The smallest absolute Gasteiger partial charge is 0.0616 e. The van der Waals surface area contributed by atoms with E-state index in [0.717, 1.165) is 35.5 Å². The molecule has 0 aromatic rings. The lowest BCUT2D eigenvalue weighted by Crippen LogP contribution is -2.51. The third-order valence-electron chi connectivity index (χ3n) is 10.7. The Morgan fingerprint density at radius 3 is 2.42 bits per heavy atom. The molecule has 3 unspecified atom stereocenters. The Morgan fingerprint density at radius 2 is 1.71 bits per heavy atom.